The molecule has 7 heteroatoms. The molecule has 2 aromatic heterocycles. The molecular formula is C18H16N4O3. The number of hydrogen-bond donors (Lipinski definition) is 1. The predicted octanol–water partition coefficient (Wildman–Crippen LogP) is 2.19. The molecule has 0 bridgehead atoms. The van der Waals surface area contributed by atoms with Gasteiger partial charge < -0.3 is 9.72 Å². The topological polar surface area (TPSA) is 89.9 Å². The van der Waals surface area contributed by atoms with E-state index in [1.165, 1.54) is 6.07 Å². The summed E-state index contributed by atoms with van der Waals surface area (Å²) in [6.45, 7) is -0.0514. The maximum atomic E-state index is 12.2. The van der Waals surface area contributed by atoms with Gasteiger partial charge in [0.2, 0.25) is 5.56 Å². The zero-order valence-electron chi connectivity index (χ0n) is 13.4. The number of pyridine rings is 1. The molecule has 2 heterocycles. The summed E-state index contributed by atoms with van der Waals surface area (Å²) >= 11 is 0. The standard InChI is InChI=1S/C18H16N4O3/c23-17-9-13(8-15(20-17)12-6-7-12)18(24)25-10-16-19-11-22(21-16)14-4-2-1-3-5-14/h1-5,8-9,11-12H,6-7,10H2,(H,20,23). The Labute approximate surface area is 143 Å². The Morgan fingerprint density at radius 1 is 1.24 bits per heavy atom. The SMILES string of the molecule is O=C(OCc1ncn(-c2ccccc2)n1)c1cc(C2CC2)[nH]c(=O)c1. The maximum Gasteiger partial charge on any atom is 0.338 e. The van der Waals surface area contributed by atoms with E-state index in [1.54, 1.807) is 17.1 Å². The second kappa shape index (κ2) is 6.35. The van der Waals surface area contributed by atoms with Crippen molar-refractivity contribution in [2.75, 3.05) is 0 Å². The average Bonchev–Trinajstić information content (AvgIpc) is 3.38. The third-order valence-electron chi connectivity index (χ3n) is 4.01. The van der Waals surface area contributed by atoms with E-state index in [0.717, 1.165) is 24.2 Å². The highest BCUT2D eigenvalue weighted by Crippen LogP contribution is 2.38. The number of aromatic nitrogens is 4. The zero-order chi connectivity index (χ0) is 17.2. The van der Waals surface area contributed by atoms with Gasteiger partial charge in [0.05, 0.1) is 11.3 Å². The first-order valence-electron chi connectivity index (χ1n) is 8.06. The van der Waals surface area contributed by atoms with Crippen LogP contribution in [0.2, 0.25) is 0 Å². The molecule has 1 fully saturated rings. The van der Waals surface area contributed by atoms with Crippen molar-refractivity contribution < 1.29 is 9.53 Å². The number of benzene rings is 1. The van der Waals surface area contributed by atoms with Gasteiger partial charge in [-0.15, -0.1) is 5.10 Å². The first-order chi connectivity index (χ1) is 12.2. The summed E-state index contributed by atoms with van der Waals surface area (Å²) in [4.78, 5) is 30.8. The summed E-state index contributed by atoms with van der Waals surface area (Å²) in [5, 5.41) is 4.28. The molecule has 1 aliphatic carbocycles. The molecule has 1 aromatic carbocycles. The minimum Gasteiger partial charge on any atom is -0.454 e. The van der Waals surface area contributed by atoms with E-state index in [-0.39, 0.29) is 17.7 Å². The second-order valence-electron chi connectivity index (χ2n) is 5.98. The summed E-state index contributed by atoms with van der Waals surface area (Å²) in [7, 11) is 0. The number of esters is 1. The molecular weight excluding hydrogens is 320 g/mol. The lowest BCUT2D eigenvalue weighted by Gasteiger charge is -2.04. The highest BCUT2D eigenvalue weighted by atomic mass is 16.5. The molecule has 0 unspecified atom stereocenters. The normalized spacial score (nSPS) is 13.6. The van der Waals surface area contributed by atoms with Gasteiger partial charge in [0.1, 0.15) is 6.33 Å². The molecule has 1 N–H and O–H groups in total. The van der Waals surface area contributed by atoms with E-state index in [0.29, 0.717) is 11.7 Å². The summed E-state index contributed by atoms with van der Waals surface area (Å²) in [5.41, 5.74) is 1.64. The summed E-state index contributed by atoms with van der Waals surface area (Å²) < 4.78 is 6.86. The maximum absolute atomic E-state index is 12.2. The molecule has 0 spiro atoms. The van der Waals surface area contributed by atoms with E-state index in [9.17, 15) is 9.59 Å². The van der Waals surface area contributed by atoms with Crippen molar-refractivity contribution in [3.8, 4) is 5.69 Å². The lowest BCUT2D eigenvalue weighted by atomic mass is 10.2. The van der Waals surface area contributed by atoms with Gasteiger partial charge in [-0.3, -0.25) is 4.79 Å². The largest absolute Gasteiger partial charge is 0.454 e. The smallest absolute Gasteiger partial charge is 0.338 e. The third-order valence-corrected chi connectivity index (χ3v) is 4.01. The number of carbonyl (C=O) groups excluding carboxylic acids is 1. The van der Waals surface area contributed by atoms with Crippen LogP contribution in [0.1, 0.15) is 40.6 Å². The van der Waals surface area contributed by atoms with Crippen molar-refractivity contribution in [3.63, 3.8) is 0 Å². The quantitative estimate of drug-likeness (QED) is 0.721. The van der Waals surface area contributed by atoms with Crippen molar-refractivity contribution in [1.29, 1.82) is 0 Å². The van der Waals surface area contributed by atoms with Crippen molar-refractivity contribution in [1.82, 2.24) is 19.7 Å². The number of hydrogen-bond acceptors (Lipinski definition) is 5. The van der Waals surface area contributed by atoms with Gasteiger partial charge in [0.25, 0.3) is 0 Å². The third kappa shape index (κ3) is 3.50. The number of nitrogens with one attached hydrogen (secondary N) is 1. The Morgan fingerprint density at radius 2 is 2.04 bits per heavy atom. The first kappa shape index (κ1) is 15.3. The van der Waals surface area contributed by atoms with E-state index in [2.05, 4.69) is 15.1 Å². The van der Waals surface area contributed by atoms with Crippen LogP contribution in [0.3, 0.4) is 0 Å². The lowest BCUT2D eigenvalue weighted by Crippen LogP contribution is -2.14. The fourth-order valence-corrected chi connectivity index (χ4v) is 2.58. The van der Waals surface area contributed by atoms with Crippen LogP contribution < -0.4 is 5.56 Å². The minimum absolute atomic E-state index is 0.0514. The second-order valence-corrected chi connectivity index (χ2v) is 5.98. The van der Waals surface area contributed by atoms with Crippen LogP contribution in [0, 0.1) is 0 Å². The number of aromatic amines is 1. The van der Waals surface area contributed by atoms with E-state index < -0.39 is 5.97 Å². The molecule has 0 radical (unpaired) electrons. The molecule has 3 aromatic rings. The molecule has 0 saturated heterocycles. The van der Waals surface area contributed by atoms with Crippen LogP contribution in [0.4, 0.5) is 0 Å². The average molecular weight is 336 g/mol. The Morgan fingerprint density at radius 3 is 2.80 bits per heavy atom. The molecule has 0 aliphatic heterocycles. The minimum atomic E-state index is -0.552. The van der Waals surface area contributed by atoms with Gasteiger partial charge >= 0.3 is 5.97 Å². The van der Waals surface area contributed by atoms with Crippen LogP contribution >= 0.6 is 0 Å². The number of para-hydroxylation sites is 1. The Kier molecular flexibility index (Phi) is 3.89. The van der Waals surface area contributed by atoms with Crippen LogP contribution in [-0.2, 0) is 11.3 Å². The molecule has 7 nitrogen and oxygen atoms in total. The van der Waals surface area contributed by atoms with E-state index >= 15 is 0 Å². The Hall–Kier alpha value is -3.22. The highest BCUT2D eigenvalue weighted by molar-refractivity contribution is 5.89. The number of rotatable bonds is 5. The van der Waals surface area contributed by atoms with Crippen molar-refractivity contribution in [2.45, 2.75) is 25.4 Å². The van der Waals surface area contributed by atoms with E-state index in [4.69, 9.17) is 4.74 Å². The van der Waals surface area contributed by atoms with Gasteiger partial charge in [0, 0.05) is 11.8 Å². The van der Waals surface area contributed by atoms with Crippen molar-refractivity contribution in [3.05, 3.63) is 76.2 Å². The fourth-order valence-electron chi connectivity index (χ4n) is 2.58. The fraction of sp³-hybridized carbons (Fsp3) is 0.222. The Balaban J connectivity index is 1.44. The van der Waals surface area contributed by atoms with Gasteiger partial charge in [-0.1, -0.05) is 18.2 Å². The molecule has 0 atom stereocenters. The van der Waals surface area contributed by atoms with Crippen molar-refractivity contribution >= 4 is 5.97 Å². The van der Waals surface area contributed by atoms with Gasteiger partial charge in [-0.25, -0.2) is 14.5 Å². The van der Waals surface area contributed by atoms with Gasteiger partial charge in [-0.05, 0) is 37.0 Å². The van der Waals surface area contributed by atoms with Crippen LogP contribution in [0.25, 0.3) is 5.69 Å². The summed E-state index contributed by atoms with van der Waals surface area (Å²) in [6, 6.07) is 12.5. The lowest BCUT2D eigenvalue weighted by molar-refractivity contribution is 0.0462. The van der Waals surface area contributed by atoms with Crippen LogP contribution in [-0.4, -0.2) is 25.7 Å². The number of carbonyl (C=O) groups is 1. The molecule has 4 rings (SSSR count). The summed E-state index contributed by atoms with van der Waals surface area (Å²) in [5.74, 6) is 0.192. The monoisotopic (exact) mass is 336 g/mol. The van der Waals surface area contributed by atoms with Crippen LogP contribution in [0.15, 0.2) is 53.6 Å². The number of ether oxygens (including phenoxy) is 1. The predicted molar refractivity (Wildman–Crippen MR) is 89.5 cm³/mol. The number of H-pyrrole nitrogens is 1. The zero-order valence-corrected chi connectivity index (χ0v) is 13.4. The summed E-state index contributed by atoms with van der Waals surface area (Å²) in [6.07, 6.45) is 3.64. The molecule has 0 amide bonds. The van der Waals surface area contributed by atoms with Gasteiger partial charge in [0.15, 0.2) is 12.4 Å². The molecule has 126 valence electrons. The van der Waals surface area contributed by atoms with Crippen LogP contribution in [0.5, 0.6) is 0 Å². The number of nitrogens with zero attached hydrogens (tertiary/aromatic N) is 3. The van der Waals surface area contributed by atoms with Crippen molar-refractivity contribution in [2.24, 2.45) is 0 Å². The Bertz CT molecular complexity index is 958. The highest BCUT2D eigenvalue weighted by Gasteiger charge is 2.25. The van der Waals surface area contributed by atoms with Gasteiger partial charge in [-0.2, -0.15) is 0 Å². The molecule has 1 aliphatic rings. The van der Waals surface area contributed by atoms with E-state index in [1.807, 2.05) is 30.3 Å². The molecule has 25 heavy (non-hydrogen) atoms. The first-order valence-corrected chi connectivity index (χ1v) is 8.06. The molecule has 1 saturated carbocycles.